The third kappa shape index (κ3) is 5.85. The summed E-state index contributed by atoms with van der Waals surface area (Å²) in [5, 5.41) is 0. The molecule has 0 fully saturated rings. The number of ether oxygens (including phenoxy) is 1. The van der Waals surface area contributed by atoms with E-state index in [0.29, 0.717) is 0 Å². The van der Waals surface area contributed by atoms with Gasteiger partial charge < -0.3 is 4.74 Å². The summed E-state index contributed by atoms with van der Waals surface area (Å²) >= 11 is 0. The van der Waals surface area contributed by atoms with Gasteiger partial charge in [0, 0.05) is 6.21 Å². The minimum atomic E-state index is 0.0702. The van der Waals surface area contributed by atoms with E-state index in [1.165, 1.54) is 6.92 Å². The Bertz CT molecular complexity index is 368. The standard InChI is InChI=1S/C14H19NO2/c1-3-4-9-17-14-7-5-13(6-8-14)11-15-10-12(2)16/h5-8,11H,3-4,9-10H2,1-2H3. The summed E-state index contributed by atoms with van der Waals surface area (Å²) in [5.74, 6) is 0.947. The zero-order valence-electron chi connectivity index (χ0n) is 10.5. The van der Waals surface area contributed by atoms with E-state index < -0.39 is 0 Å². The van der Waals surface area contributed by atoms with Gasteiger partial charge in [0.25, 0.3) is 0 Å². The van der Waals surface area contributed by atoms with Crippen molar-refractivity contribution >= 4 is 12.0 Å². The third-order valence-corrected chi connectivity index (χ3v) is 2.20. The fraction of sp³-hybridized carbons (Fsp3) is 0.429. The lowest BCUT2D eigenvalue weighted by Crippen LogP contribution is -1.97. The van der Waals surface area contributed by atoms with Gasteiger partial charge in [0.05, 0.1) is 13.2 Å². The Balaban J connectivity index is 2.44. The zero-order valence-corrected chi connectivity index (χ0v) is 10.5. The van der Waals surface area contributed by atoms with Crippen molar-refractivity contribution in [3.8, 4) is 5.75 Å². The number of carbonyl (C=O) groups is 1. The maximum Gasteiger partial charge on any atom is 0.151 e. The van der Waals surface area contributed by atoms with Crippen LogP contribution in [0.5, 0.6) is 5.75 Å². The van der Waals surface area contributed by atoms with Gasteiger partial charge in [-0.25, -0.2) is 0 Å². The molecule has 0 saturated heterocycles. The first-order valence-corrected chi connectivity index (χ1v) is 5.94. The van der Waals surface area contributed by atoms with E-state index in [1.807, 2.05) is 24.3 Å². The smallest absolute Gasteiger partial charge is 0.151 e. The van der Waals surface area contributed by atoms with E-state index in [4.69, 9.17) is 4.74 Å². The van der Waals surface area contributed by atoms with Crippen LogP contribution in [0.3, 0.4) is 0 Å². The molecule has 1 aromatic rings. The molecule has 0 N–H and O–H groups in total. The first kappa shape index (κ1) is 13.4. The highest BCUT2D eigenvalue weighted by molar-refractivity contribution is 5.84. The summed E-state index contributed by atoms with van der Waals surface area (Å²) < 4.78 is 5.55. The number of unbranched alkanes of at least 4 members (excludes halogenated alkanes) is 1. The van der Waals surface area contributed by atoms with Gasteiger partial charge in [-0.1, -0.05) is 13.3 Å². The summed E-state index contributed by atoms with van der Waals surface area (Å²) in [4.78, 5) is 14.7. The Morgan fingerprint density at radius 1 is 1.35 bits per heavy atom. The summed E-state index contributed by atoms with van der Waals surface area (Å²) in [6, 6.07) is 7.71. The molecule has 3 nitrogen and oxygen atoms in total. The second-order valence-corrected chi connectivity index (χ2v) is 3.94. The Morgan fingerprint density at radius 3 is 2.65 bits per heavy atom. The van der Waals surface area contributed by atoms with E-state index in [1.54, 1.807) is 6.21 Å². The second kappa shape index (κ2) is 7.60. The fourth-order valence-corrected chi connectivity index (χ4v) is 1.26. The van der Waals surface area contributed by atoms with E-state index in [2.05, 4.69) is 11.9 Å². The summed E-state index contributed by atoms with van der Waals surface area (Å²) in [6.07, 6.45) is 3.91. The average Bonchev–Trinajstić information content (AvgIpc) is 2.31. The maximum absolute atomic E-state index is 10.7. The summed E-state index contributed by atoms with van der Waals surface area (Å²) in [5.41, 5.74) is 0.981. The van der Waals surface area contributed by atoms with Crippen molar-refractivity contribution in [2.24, 2.45) is 4.99 Å². The van der Waals surface area contributed by atoms with Gasteiger partial charge in [0.1, 0.15) is 5.75 Å². The van der Waals surface area contributed by atoms with Crippen molar-refractivity contribution < 1.29 is 9.53 Å². The highest BCUT2D eigenvalue weighted by Gasteiger charge is 1.94. The highest BCUT2D eigenvalue weighted by Crippen LogP contribution is 2.11. The minimum Gasteiger partial charge on any atom is -0.494 e. The van der Waals surface area contributed by atoms with Crippen LogP contribution >= 0.6 is 0 Å². The van der Waals surface area contributed by atoms with Crippen LogP contribution in [0.4, 0.5) is 0 Å². The van der Waals surface area contributed by atoms with Gasteiger partial charge in [-0.2, -0.15) is 0 Å². The van der Waals surface area contributed by atoms with E-state index in [9.17, 15) is 4.79 Å². The van der Waals surface area contributed by atoms with Crippen LogP contribution in [0.25, 0.3) is 0 Å². The van der Waals surface area contributed by atoms with Gasteiger partial charge in [-0.15, -0.1) is 0 Å². The predicted molar refractivity (Wildman–Crippen MR) is 70.0 cm³/mol. The van der Waals surface area contributed by atoms with Crippen molar-refractivity contribution in [1.29, 1.82) is 0 Å². The maximum atomic E-state index is 10.7. The quantitative estimate of drug-likeness (QED) is 0.536. The van der Waals surface area contributed by atoms with Crippen LogP contribution < -0.4 is 4.74 Å². The number of hydrogen-bond donors (Lipinski definition) is 0. The molecule has 0 aliphatic carbocycles. The van der Waals surface area contributed by atoms with Crippen molar-refractivity contribution in [3.05, 3.63) is 29.8 Å². The number of ketones is 1. The van der Waals surface area contributed by atoms with Crippen LogP contribution in [0, 0.1) is 0 Å². The molecule has 0 spiro atoms. The predicted octanol–water partition coefficient (Wildman–Crippen LogP) is 2.87. The van der Waals surface area contributed by atoms with Crippen LogP contribution in [-0.4, -0.2) is 25.1 Å². The molecule has 0 atom stereocenters. The Hall–Kier alpha value is -1.64. The average molecular weight is 233 g/mol. The molecule has 0 aromatic heterocycles. The lowest BCUT2D eigenvalue weighted by molar-refractivity contribution is -0.115. The Labute approximate surface area is 103 Å². The molecule has 0 radical (unpaired) electrons. The van der Waals surface area contributed by atoms with Gasteiger partial charge in [-0.05, 0) is 43.2 Å². The molecule has 1 aromatic carbocycles. The van der Waals surface area contributed by atoms with E-state index in [-0.39, 0.29) is 12.3 Å². The molecule has 0 bridgehead atoms. The molecule has 3 heteroatoms. The molecule has 0 unspecified atom stereocenters. The Morgan fingerprint density at radius 2 is 2.06 bits per heavy atom. The molecular weight excluding hydrogens is 214 g/mol. The second-order valence-electron chi connectivity index (χ2n) is 3.94. The SMILES string of the molecule is CCCCOc1ccc(C=NCC(C)=O)cc1. The third-order valence-electron chi connectivity index (χ3n) is 2.20. The number of aliphatic imine (C=N–C) groups is 1. The number of benzene rings is 1. The van der Waals surface area contributed by atoms with Crippen LogP contribution in [0.1, 0.15) is 32.3 Å². The van der Waals surface area contributed by atoms with E-state index in [0.717, 1.165) is 30.8 Å². The van der Waals surface area contributed by atoms with Crippen molar-refractivity contribution in [1.82, 2.24) is 0 Å². The first-order chi connectivity index (χ1) is 8.22. The fourth-order valence-electron chi connectivity index (χ4n) is 1.26. The summed E-state index contributed by atoms with van der Waals surface area (Å²) in [7, 11) is 0. The topological polar surface area (TPSA) is 38.7 Å². The van der Waals surface area contributed by atoms with Crippen molar-refractivity contribution in [2.75, 3.05) is 13.2 Å². The van der Waals surface area contributed by atoms with Gasteiger partial charge in [-0.3, -0.25) is 9.79 Å². The highest BCUT2D eigenvalue weighted by atomic mass is 16.5. The van der Waals surface area contributed by atoms with Crippen LogP contribution in [0.2, 0.25) is 0 Å². The molecule has 0 aliphatic heterocycles. The molecule has 0 aliphatic rings. The minimum absolute atomic E-state index is 0.0702. The molecule has 0 amide bonds. The van der Waals surface area contributed by atoms with Gasteiger partial charge >= 0.3 is 0 Å². The van der Waals surface area contributed by atoms with Gasteiger partial charge in [0.2, 0.25) is 0 Å². The summed E-state index contributed by atoms with van der Waals surface area (Å²) in [6.45, 7) is 4.67. The number of Topliss-reactive ketones (excluding diaryl/α,β-unsaturated/α-hetero) is 1. The molecule has 0 saturated carbocycles. The van der Waals surface area contributed by atoms with Crippen molar-refractivity contribution in [3.63, 3.8) is 0 Å². The van der Waals surface area contributed by atoms with Crippen LogP contribution in [-0.2, 0) is 4.79 Å². The normalized spacial score (nSPS) is 10.7. The monoisotopic (exact) mass is 233 g/mol. The zero-order chi connectivity index (χ0) is 12.5. The largest absolute Gasteiger partial charge is 0.494 e. The lowest BCUT2D eigenvalue weighted by Gasteiger charge is -2.04. The van der Waals surface area contributed by atoms with Crippen LogP contribution in [0.15, 0.2) is 29.3 Å². The number of nitrogens with zero attached hydrogens (tertiary/aromatic N) is 1. The number of hydrogen-bond acceptors (Lipinski definition) is 3. The van der Waals surface area contributed by atoms with Gasteiger partial charge in [0.15, 0.2) is 5.78 Å². The van der Waals surface area contributed by atoms with Crippen molar-refractivity contribution in [2.45, 2.75) is 26.7 Å². The molecule has 0 heterocycles. The van der Waals surface area contributed by atoms with E-state index >= 15 is 0 Å². The first-order valence-electron chi connectivity index (χ1n) is 5.94. The molecule has 17 heavy (non-hydrogen) atoms. The molecule has 1 rings (SSSR count). The lowest BCUT2D eigenvalue weighted by atomic mass is 10.2. The Kier molecular flexibility index (Phi) is 6.00. The number of carbonyl (C=O) groups excluding carboxylic acids is 1. The number of rotatable bonds is 7. The molecular formula is C14H19NO2. The molecule has 92 valence electrons.